The second-order valence-corrected chi connectivity index (χ2v) is 8.66. The van der Waals surface area contributed by atoms with Gasteiger partial charge in [0.1, 0.15) is 0 Å². The van der Waals surface area contributed by atoms with Gasteiger partial charge in [-0.05, 0) is 31.7 Å². The molecule has 0 saturated carbocycles. The summed E-state index contributed by atoms with van der Waals surface area (Å²) in [5.41, 5.74) is 0.565. The van der Waals surface area contributed by atoms with Crippen LogP contribution in [0, 0.1) is 0 Å². The van der Waals surface area contributed by atoms with E-state index in [0.29, 0.717) is 5.56 Å². The molecule has 0 saturated heterocycles. The topological polar surface area (TPSA) is 92.3 Å². The first-order valence-electron chi connectivity index (χ1n) is 6.07. The summed E-state index contributed by atoms with van der Waals surface area (Å²) in [5, 5.41) is 2.93. The van der Waals surface area contributed by atoms with Crippen LogP contribution in [-0.2, 0) is 25.6 Å². The lowest BCUT2D eigenvalue weighted by Gasteiger charge is -2.12. The molecule has 0 aromatic heterocycles. The smallest absolute Gasteiger partial charge is 0.240 e. The van der Waals surface area contributed by atoms with Gasteiger partial charge in [0.05, 0.1) is 10.6 Å². The maximum atomic E-state index is 12.0. The van der Waals surface area contributed by atoms with E-state index in [9.17, 15) is 16.8 Å². The molecule has 0 spiro atoms. The number of nitrogens with one attached hydrogen (secondary N) is 2. The van der Waals surface area contributed by atoms with E-state index >= 15 is 0 Å². The lowest BCUT2D eigenvalue weighted by molar-refractivity contribution is 0.554. The van der Waals surface area contributed by atoms with Gasteiger partial charge in [0, 0.05) is 18.8 Å². The molecule has 0 amide bonds. The fraction of sp³-hybridized carbons (Fsp3) is 0.500. The van der Waals surface area contributed by atoms with E-state index in [0.717, 1.165) is 6.26 Å². The first kappa shape index (κ1) is 20.3. The van der Waals surface area contributed by atoms with Crippen molar-refractivity contribution in [3.63, 3.8) is 0 Å². The first-order valence-corrected chi connectivity index (χ1v) is 9.62. The third kappa shape index (κ3) is 7.23. The van der Waals surface area contributed by atoms with Gasteiger partial charge in [-0.1, -0.05) is 12.1 Å². The van der Waals surface area contributed by atoms with Crippen molar-refractivity contribution in [2.75, 3.05) is 19.8 Å². The molecule has 9 heteroatoms. The Morgan fingerprint density at radius 1 is 1.10 bits per heavy atom. The van der Waals surface area contributed by atoms with Crippen molar-refractivity contribution in [1.82, 2.24) is 10.0 Å². The molecule has 0 aliphatic heterocycles. The average Bonchev–Trinajstić information content (AvgIpc) is 2.34. The lowest BCUT2D eigenvalue weighted by atomic mass is 10.2. The molecule has 1 unspecified atom stereocenters. The average molecular weight is 357 g/mol. The summed E-state index contributed by atoms with van der Waals surface area (Å²) < 4.78 is 48.8. The quantitative estimate of drug-likeness (QED) is 0.743. The van der Waals surface area contributed by atoms with Crippen molar-refractivity contribution in [2.24, 2.45) is 0 Å². The molecule has 2 N–H and O–H groups in total. The number of rotatable bonds is 7. The van der Waals surface area contributed by atoms with Gasteiger partial charge in [-0.2, -0.15) is 0 Å². The molecule has 0 fully saturated rings. The summed E-state index contributed by atoms with van der Waals surface area (Å²) in [6, 6.07) is 5.86. The zero-order valence-electron chi connectivity index (χ0n) is 12.2. The zero-order valence-corrected chi connectivity index (χ0v) is 14.6. The minimum absolute atomic E-state index is 0. The van der Waals surface area contributed by atoms with E-state index in [1.165, 1.54) is 24.3 Å². The maximum absolute atomic E-state index is 12.0. The van der Waals surface area contributed by atoms with E-state index in [2.05, 4.69) is 10.0 Å². The van der Waals surface area contributed by atoms with Crippen LogP contribution in [0.4, 0.5) is 0 Å². The number of hydrogen-bond donors (Lipinski definition) is 2. The van der Waals surface area contributed by atoms with Crippen molar-refractivity contribution >= 4 is 32.3 Å². The second-order valence-electron chi connectivity index (χ2n) is 4.76. The Kier molecular flexibility index (Phi) is 7.83. The Balaban J connectivity index is 0.00000400. The van der Waals surface area contributed by atoms with Crippen LogP contribution in [0.5, 0.6) is 0 Å². The largest absolute Gasteiger partial charge is 0.316 e. The van der Waals surface area contributed by atoms with Crippen molar-refractivity contribution in [1.29, 1.82) is 0 Å². The maximum Gasteiger partial charge on any atom is 0.240 e. The number of sulfonamides is 1. The van der Waals surface area contributed by atoms with Crippen LogP contribution in [0.3, 0.4) is 0 Å². The molecule has 0 heterocycles. The van der Waals surface area contributed by atoms with Gasteiger partial charge in [-0.25, -0.2) is 21.6 Å². The van der Waals surface area contributed by atoms with E-state index in [4.69, 9.17) is 0 Å². The fourth-order valence-corrected chi connectivity index (χ4v) is 3.42. The predicted molar refractivity (Wildman–Crippen MR) is 85.9 cm³/mol. The standard InChI is InChI=1S/C12H20N2O4S2.ClH/c1-10(13-2)8-14-20(17,18)12-6-4-11(5-7-12)9-19(3,15)16;/h4-7,10,13-14H,8-9H2,1-3H3;1H. The number of halogens is 1. The van der Waals surface area contributed by atoms with Crippen LogP contribution in [0.2, 0.25) is 0 Å². The number of hydrogen-bond acceptors (Lipinski definition) is 5. The SMILES string of the molecule is CNC(C)CNS(=O)(=O)c1ccc(CS(C)(=O)=O)cc1.Cl. The molecule has 122 valence electrons. The van der Waals surface area contributed by atoms with Crippen LogP contribution >= 0.6 is 12.4 Å². The van der Waals surface area contributed by atoms with Gasteiger partial charge >= 0.3 is 0 Å². The highest BCUT2D eigenvalue weighted by atomic mass is 35.5. The monoisotopic (exact) mass is 356 g/mol. The van der Waals surface area contributed by atoms with Crippen molar-refractivity contribution < 1.29 is 16.8 Å². The zero-order chi connectivity index (χ0) is 15.4. The van der Waals surface area contributed by atoms with Crippen LogP contribution in [0.25, 0.3) is 0 Å². The van der Waals surface area contributed by atoms with Crippen LogP contribution in [-0.4, -0.2) is 42.7 Å². The van der Waals surface area contributed by atoms with E-state index < -0.39 is 19.9 Å². The molecular formula is C12H21ClN2O4S2. The van der Waals surface area contributed by atoms with Gasteiger partial charge in [0.15, 0.2) is 9.84 Å². The Morgan fingerprint density at radius 3 is 2.05 bits per heavy atom. The van der Waals surface area contributed by atoms with Crippen molar-refractivity contribution in [3.05, 3.63) is 29.8 Å². The minimum Gasteiger partial charge on any atom is -0.316 e. The van der Waals surface area contributed by atoms with Gasteiger partial charge in [-0.3, -0.25) is 0 Å². The molecule has 1 aromatic rings. The summed E-state index contributed by atoms with van der Waals surface area (Å²) >= 11 is 0. The molecule has 1 rings (SSSR count). The normalized spacial score (nSPS) is 13.5. The van der Waals surface area contributed by atoms with Crippen LogP contribution in [0.1, 0.15) is 12.5 Å². The van der Waals surface area contributed by atoms with Gasteiger partial charge in [0.2, 0.25) is 10.0 Å². The predicted octanol–water partition coefficient (Wildman–Crippen LogP) is 0.539. The summed E-state index contributed by atoms with van der Waals surface area (Å²) in [7, 11) is -4.94. The molecule has 21 heavy (non-hydrogen) atoms. The third-order valence-corrected chi connectivity index (χ3v) is 5.03. The lowest BCUT2D eigenvalue weighted by Crippen LogP contribution is -2.37. The van der Waals surface area contributed by atoms with E-state index in [1.807, 2.05) is 6.92 Å². The minimum atomic E-state index is -3.57. The van der Waals surface area contributed by atoms with E-state index in [1.54, 1.807) is 7.05 Å². The summed E-state index contributed by atoms with van der Waals surface area (Å²) in [6.07, 6.45) is 1.14. The highest BCUT2D eigenvalue weighted by Crippen LogP contribution is 2.12. The van der Waals surface area contributed by atoms with Gasteiger partial charge < -0.3 is 5.32 Å². The van der Waals surface area contributed by atoms with Gasteiger partial charge in [0.25, 0.3) is 0 Å². The Hall–Kier alpha value is -0.670. The highest BCUT2D eigenvalue weighted by Gasteiger charge is 2.15. The Morgan fingerprint density at radius 2 is 1.62 bits per heavy atom. The molecule has 0 aliphatic carbocycles. The molecular weight excluding hydrogens is 336 g/mol. The molecule has 0 aliphatic rings. The molecule has 1 atom stereocenters. The first-order chi connectivity index (χ1) is 9.14. The van der Waals surface area contributed by atoms with Crippen LogP contribution < -0.4 is 10.0 Å². The van der Waals surface area contributed by atoms with Gasteiger partial charge in [-0.15, -0.1) is 12.4 Å². The van der Waals surface area contributed by atoms with Crippen molar-refractivity contribution in [3.8, 4) is 0 Å². The third-order valence-electron chi connectivity index (χ3n) is 2.73. The highest BCUT2D eigenvalue weighted by molar-refractivity contribution is 7.90. The summed E-state index contributed by atoms with van der Waals surface area (Å²) in [6.45, 7) is 2.14. The fourth-order valence-electron chi connectivity index (χ4n) is 1.49. The summed E-state index contributed by atoms with van der Waals surface area (Å²) in [4.78, 5) is 0.123. The second kappa shape index (κ2) is 8.09. The number of likely N-dealkylation sites (N-methyl/N-ethyl adjacent to an activating group) is 1. The van der Waals surface area contributed by atoms with Crippen LogP contribution in [0.15, 0.2) is 29.2 Å². The molecule has 6 nitrogen and oxygen atoms in total. The number of benzene rings is 1. The molecule has 1 aromatic carbocycles. The number of sulfone groups is 1. The molecule has 0 bridgehead atoms. The Labute approximate surface area is 132 Å². The van der Waals surface area contributed by atoms with Crippen molar-refractivity contribution in [2.45, 2.75) is 23.6 Å². The summed E-state index contributed by atoms with van der Waals surface area (Å²) in [5.74, 6) is -0.0997. The molecule has 0 radical (unpaired) electrons. The Bertz CT molecular complexity index is 642. The van der Waals surface area contributed by atoms with E-state index in [-0.39, 0.29) is 35.6 Å².